The molecule has 1 saturated heterocycles. The number of carbonyl (C=O) groups is 2. The number of pyridine rings is 1. The van der Waals surface area contributed by atoms with Crippen LogP contribution in [0, 0.1) is 17.8 Å². The maximum absolute atomic E-state index is 12.8. The van der Waals surface area contributed by atoms with Gasteiger partial charge in [-0.05, 0) is 58.9 Å². The number of aromatic nitrogens is 1. The van der Waals surface area contributed by atoms with Crippen LogP contribution in [0.25, 0.3) is 0 Å². The summed E-state index contributed by atoms with van der Waals surface area (Å²) in [6.07, 6.45) is 1.57. The summed E-state index contributed by atoms with van der Waals surface area (Å²) in [5.74, 6) is 4.37. The van der Waals surface area contributed by atoms with Crippen LogP contribution in [0.15, 0.2) is 66.9 Å². The lowest BCUT2D eigenvalue weighted by Gasteiger charge is -2.36. The lowest BCUT2D eigenvalue weighted by Crippen LogP contribution is -2.55. The molecular weight excluding hydrogens is 590 g/mol. The van der Waals surface area contributed by atoms with E-state index in [1.54, 1.807) is 32.2 Å². The summed E-state index contributed by atoms with van der Waals surface area (Å²) in [6, 6.07) is 18.1. The molecule has 10 nitrogen and oxygen atoms in total. The van der Waals surface area contributed by atoms with Gasteiger partial charge in [0.1, 0.15) is 11.7 Å². The number of nitrogens with one attached hydrogen (secondary N) is 2. The number of nitrogens with zero attached hydrogens (tertiary/aromatic N) is 3. The highest BCUT2D eigenvalue weighted by Crippen LogP contribution is 2.22. The fourth-order valence-electron chi connectivity index (χ4n) is 4.82. The summed E-state index contributed by atoms with van der Waals surface area (Å²) in [5, 5.41) is 12.3. The predicted molar refractivity (Wildman–Crippen MR) is 175 cm³/mol. The topological polar surface area (TPSA) is 132 Å². The lowest BCUT2D eigenvalue weighted by molar-refractivity contribution is -0.140. The first kappa shape index (κ1) is 33.6. The van der Waals surface area contributed by atoms with Crippen LogP contribution in [0.3, 0.4) is 0 Å². The molecular formula is C34H41N5O5S. The molecule has 0 aliphatic carbocycles. The van der Waals surface area contributed by atoms with Crippen LogP contribution in [0.5, 0.6) is 0 Å². The molecule has 11 heteroatoms. The molecule has 0 saturated carbocycles. The smallest absolute Gasteiger partial charge is 0.322 e. The molecule has 2 heterocycles. The van der Waals surface area contributed by atoms with Crippen LogP contribution < -0.4 is 14.9 Å². The number of carboxylic acid groups (broad SMARTS) is 1. The number of benzene rings is 2. The zero-order valence-corrected chi connectivity index (χ0v) is 27.2. The second kappa shape index (κ2) is 14.2. The Hall–Kier alpha value is -4.24. The molecule has 1 aliphatic rings. The summed E-state index contributed by atoms with van der Waals surface area (Å²) < 4.78 is 29.1. The standard InChI is InChI=1S/C34H41N5O5S/c1-24(2)31(33(41)42)37-45(43,44)39-20-18-38(19-21-39)29-14-10-25(11-15-29)6-7-26-16-17-35-30(22-26)32(40)36-23-27-8-12-28(13-9-27)34(3,4)5/h8-17,22,24,31,37H,18-21,23H2,1-5H3,(H,36,40)(H,41,42)/t31-/m1/s1. The third kappa shape index (κ3) is 9.14. The molecule has 1 aromatic heterocycles. The predicted octanol–water partition coefficient (Wildman–Crippen LogP) is 3.77. The summed E-state index contributed by atoms with van der Waals surface area (Å²) in [4.78, 5) is 30.5. The average Bonchev–Trinajstić information content (AvgIpc) is 3.01. The SMILES string of the molecule is CC(C)[C@@H](NS(=O)(=O)N1CCN(c2ccc(C#Cc3ccnc(C(=O)NCc4ccc(C(C)(C)C)cc4)c3)cc2)CC1)C(=O)O. The zero-order valence-electron chi connectivity index (χ0n) is 26.4. The van der Waals surface area contributed by atoms with E-state index in [2.05, 4.69) is 64.7 Å². The van der Waals surface area contributed by atoms with Gasteiger partial charge in [-0.25, -0.2) is 0 Å². The number of carboxylic acids is 1. The van der Waals surface area contributed by atoms with Gasteiger partial charge in [0.05, 0.1) is 0 Å². The maximum Gasteiger partial charge on any atom is 0.322 e. The monoisotopic (exact) mass is 631 g/mol. The second-order valence-electron chi connectivity index (χ2n) is 12.4. The van der Waals surface area contributed by atoms with Crippen molar-refractivity contribution < 1.29 is 23.1 Å². The summed E-state index contributed by atoms with van der Waals surface area (Å²) >= 11 is 0. The molecule has 238 valence electrons. The van der Waals surface area contributed by atoms with Gasteiger partial charge in [0, 0.05) is 55.7 Å². The first-order valence-electron chi connectivity index (χ1n) is 14.9. The van der Waals surface area contributed by atoms with E-state index in [0.29, 0.717) is 30.9 Å². The van der Waals surface area contributed by atoms with Gasteiger partial charge in [-0.3, -0.25) is 14.6 Å². The Labute approximate surface area is 266 Å². The van der Waals surface area contributed by atoms with Gasteiger partial charge >= 0.3 is 5.97 Å². The van der Waals surface area contributed by atoms with Gasteiger partial charge in [0.15, 0.2) is 0 Å². The highest BCUT2D eigenvalue weighted by atomic mass is 32.2. The van der Waals surface area contributed by atoms with E-state index < -0.39 is 22.2 Å². The lowest BCUT2D eigenvalue weighted by atomic mass is 9.87. The van der Waals surface area contributed by atoms with Gasteiger partial charge < -0.3 is 15.3 Å². The number of carbonyl (C=O) groups excluding carboxylic acids is 1. The zero-order chi connectivity index (χ0) is 32.8. The fraction of sp³-hybridized carbons (Fsp3) is 0.382. The Morgan fingerprint density at radius 3 is 2.13 bits per heavy atom. The Morgan fingerprint density at radius 1 is 0.933 bits per heavy atom. The van der Waals surface area contributed by atoms with Crippen molar-refractivity contribution in [3.05, 3.63) is 94.8 Å². The van der Waals surface area contributed by atoms with Gasteiger partial charge in [-0.2, -0.15) is 17.4 Å². The Kier molecular flexibility index (Phi) is 10.7. The van der Waals surface area contributed by atoms with Crippen molar-refractivity contribution in [3.8, 4) is 11.8 Å². The third-order valence-corrected chi connectivity index (χ3v) is 9.23. The molecule has 3 N–H and O–H groups in total. The van der Waals surface area contributed by atoms with Crippen LogP contribution in [-0.2, 0) is 27.0 Å². The van der Waals surface area contributed by atoms with E-state index in [-0.39, 0.29) is 30.3 Å². The van der Waals surface area contributed by atoms with E-state index in [4.69, 9.17) is 0 Å². The minimum atomic E-state index is -3.92. The molecule has 1 atom stereocenters. The van der Waals surface area contributed by atoms with Crippen molar-refractivity contribution in [1.29, 1.82) is 0 Å². The third-order valence-electron chi connectivity index (χ3n) is 7.64. The molecule has 1 fully saturated rings. The summed E-state index contributed by atoms with van der Waals surface area (Å²) in [7, 11) is -3.92. The molecule has 0 radical (unpaired) electrons. The van der Waals surface area contributed by atoms with Gasteiger partial charge in [-0.1, -0.05) is 70.7 Å². The Balaban J connectivity index is 1.31. The normalized spacial score (nSPS) is 14.8. The highest BCUT2D eigenvalue weighted by Gasteiger charge is 2.33. The van der Waals surface area contributed by atoms with Crippen molar-refractivity contribution in [2.24, 2.45) is 5.92 Å². The minimum absolute atomic E-state index is 0.0704. The largest absolute Gasteiger partial charge is 0.480 e. The first-order chi connectivity index (χ1) is 21.2. The average molecular weight is 632 g/mol. The molecule has 3 aromatic rings. The van der Waals surface area contributed by atoms with Crippen molar-refractivity contribution in [2.45, 2.75) is 52.6 Å². The van der Waals surface area contributed by atoms with Crippen LogP contribution in [0.2, 0.25) is 0 Å². The number of rotatable bonds is 9. The van der Waals surface area contributed by atoms with Gasteiger partial charge in [-0.15, -0.1) is 0 Å². The Morgan fingerprint density at radius 2 is 1.56 bits per heavy atom. The second-order valence-corrected chi connectivity index (χ2v) is 14.1. The van der Waals surface area contributed by atoms with Crippen LogP contribution in [0.1, 0.15) is 67.4 Å². The van der Waals surface area contributed by atoms with Gasteiger partial charge in [0.25, 0.3) is 16.1 Å². The first-order valence-corrected chi connectivity index (χ1v) is 16.4. The Bertz CT molecular complexity index is 1660. The molecule has 0 spiro atoms. The maximum atomic E-state index is 12.8. The number of anilines is 1. The van der Waals surface area contributed by atoms with E-state index in [1.807, 2.05) is 36.4 Å². The summed E-state index contributed by atoms with van der Waals surface area (Å²) in [5.41, 5.74) is 5.01. The number of amides is 1. The van der Waals surface area contributed by atoms with Crippen molar-refractivity contribution in [3.63, 3.8) is 0 Å². The molecule has 0 bridgehead atoms. The molecule has 2 aromatic carbocycles. The molecule has 0 unspecified atom stereocenters. The fourth-order valence-corrected chi connectivity index (χ4v) is 6.31. The van der Waals surface area contributed by atoms with Crippen LogP contribution in [0.4, 0.5) is 5.69 Å². The molecule has 4 rings (SSSR count). The number of aliphatic carboxylic acids is 1. The van der Waals surface area contributed by atoms with Crippen molar-refractivity contribution in [2.75, 3.05) is 31.1 Å². The molecule has 1 aliphatic heterocycles. The van der Waals surface area contributed by atoms with E-state index >= 15 is 0 Å². The van der Waals surface area contributed by atoms with E-state index in [0.717, 1.165) is 16.8 Å². The quantitative estimate of drug-likeness (QED) is 0.307. The van der Waals surface area contributed by atoms with Crippen molar-refractivity contribution in [1.82, 2.24) is 19.3 Å². The number of hydrogen-bond donors (Lipinski definition) is 3. The minimum Gasteiger partial charge on any atom is -0.480 e. The van der Waals surface area contributed by atoms with Gasteiger partial charge in [0.2, 0.25) is 0 Å². The summed E-state index contributed by atoms with van der Waals surface area (Å²) in [6.45, 7) is 11.6. The number of piperazine rings is 1. The van der Waals surface area contributed by atoms with Crippen LogP contribution in [-0.4, -0.2) is 66.9 Å². The van der Waals surface area contributed by atoms with E-state index in [1.165, 1.54) is 9.87 Å². The number of hydrogen-bond acceptors (Lipinski definition) is 6. The highest BCUT2D eigenvalue weighted by molar-refractivity contribution is 7.87. The molecule has 45 heavy (non-hydrogen) atoms. The van der Waals surface area contributed by atoms with Crippen LogP contribution >= 0.6 is 0 Å². The molecule has 1 amide bonds. The van der Waals surface area contributed by atoms with Crippen molar-refractivity contribution >= 4 is 27.8 Å². The van der Waals surface area contributed by atoms with E-state index in [9.17, 15) is 23.1 Å².